The number of hydrogen-bond acceptors (Lipinski definition) is 3. The summed E-state index contributed by atoms with van der Waals surface area (Å²) in [5.41, 5.74) is 0. The minimum Gasteiger partial charge on any atom is -0.337 e. The third-order valence-corrected chi connectivity index (χ3v) is 5.06. The average molecular weight is 203 g/mol. The Morgan fingerprint density at radius 1 is 1.54 bits per heavy atom. The molecule has 2 atom stereocenters. The summed E-state index contributed by atoms with van der Waals surface area (Å²) in [4.78, 5) is 13.1. The zero-order valence-electron chi connectivity index (χ0n) is 7.56. The van der Waals surface area contributed by atoms with E-state index >= 15 is 0 Å². The molecule has 0 spiro atoms. The molecule has 0 bridgehead atoms. The molecule has 0 aliphatic carbocycles. The molecule has 4 nitrogen and oxygen atoms in total. The highest BCUT2D eigenvalue weighted by Crippen LogP contribution is 2.34. The lowest BCUT2D eigenvalue weighted by molar-refractivity contribution is -0.141. The monoisotopic (exact) mass is 203 g/mol. The van der Waals surface area contributed by atoms with Gasteiger partial charge < -0.3 is 4.90 Å². The first-order valence-corrected chi connectivity index (χ1v) is 6.31. The summed E-state index contributed by atoms with van der Waals surface area (Å²) in [6, 6.07) is -0.00236. The summed E-state index contributed by atoms with van der Waals surface area (Å²) in [7, 11) is -3.16. The van der Waals surface area contributed by atoms with Crippen molar-refractivity contribution in [2.24, 2.45) is 0 Å². The van der Waals surface area contributed by atoms with Gasteiger partial charge in [0.2, 0.25) is 5.91 Å². The van der Waals surface area contributed by atoms with Gasteiger partial charge in [-0.15, -0.1) is 0 Å². The summed E-state index contributed by atoms with van der Waals surface area (Å²) in [6.45, 7) is 2.35. The van der Waals surface area contributed by atoms with Crippen LogP contribution < -0.4 is 0 Å². The van der Waals surface area contributed by atoms with Crippen molar-refractivity contribution in [2.75, 3.05) is 12.3 Å². The summed E-state index contributed by atoms with van der Waals surface area (Å²) in [6.07, 6.45) is 1.81. The zero-order chi connectivity index (χ0) is 9.64. The normalized spacial score (nSPS) is 33.0. The maximum absolute atomic E-state index is 11.5. The number of rotatable bonds is 2. The molecule has 0 N–H and O–H groups in total. The molecular weight excluding hydrogens is 190 g/mol. The van der Waals surface area contributed by atoms with Crippen LogP contribution in [0.2, 0.25) is 0 Å². The first-order chi connectivity index (χ1) is 6.08. The third-order valence-electron chi connectivity index (χ3n) is 2.96. The Labute approximate surface area is 77.8 Å². The van der Waals surface area contributed by atoms with Crippen LogP contribution in [0.15, 0.2) is 0 Å². The molecule has 1 amide bonds. The molecule has 2 fully saturated rings. The van der Waals surface area contributed by atoms with Gasteiger partial charge in [-0.3, -0.25) is 4.79 Å². The lowest BCUT2D eigenvalue weighted by Gasteiger charge is -2.41. The van der Waals surface area contributed by atoms with E-state index in [0.717, 1.165) is 19.4 Å². The van der Waals surface area contributed by atoms with Gasteiger partial charge >= 0.3 is 0 Å². The van der Waals surface area contributed by atoms with E-state index in [-0.39, 0.29) is 17.7 Å². The molecule has 0 radical (unpaired) electrons. The van der Waals surface area contributed by atoms with Crippen LogP contribution in [-0.4, -0.2) is 42.8 Å². The molecule has 13 heavy (non-hydrogen) atoms. The summed E-state index contributed by atoms with van der Waals surface area (Å²) < 4.78 is 23.0. The lowest BCUT2D eigenvalue weighted by Crippen LogP contribution is -2.64. The van der Waals surface area contributed by atoms with Gasteiger partial charge in [0.25, 0.3) is 0 Å². The molecule has 74 valence electrons. The minimum atomic E-state index is -3.16. The fourth-order valence-corrected chi connectivity index (χ4v) is 3.76. The van der Waals surface area contributed by atoms with Crippen LogP contribution in [0.5, 0.6) is 0 Å². The second-order valence-electron chi connectivity index (χ2n) is 3.61. The Morgan fingerprint density at radius 2 is 2.23 bits per heavy atom. The highest BCUT2D eigenvalue weighted by molar-refractivity contribution is 7.92. The fraction of sp³-hybridized carbons (Fsp3) is 0.875. The summed E-state index contributed by atoms with van der Waals surface area (Å²) >= 11 is 0. The number of carbonyl (C=O) groups excluding carboxylic acids is 1. The SMILES string of the molecule is CCS(=O)(=O)[C@H]1C(=O)N2CCC[C@@H]12. The van der Waals surface area contributed by atoms with E-state index in [1.54, 1.807) is 11.8 Å². The second-order valence-corrected chi connectivity index (χ2v) is 6.02. The van der Waals surface area contributed by atoms with Crippen LogP contribution in [0.4, 0.5) is 0 Å². The Balaban J connectivity index is 2.23. The Kier molecular flexibility index (Phi) is 1.87. The van der Waals surface area contributed by atoms with Gasteiger partial charge in [0.05, 0.1) is 6.04 Å². The highest BCUT2D eigenvalue weighted by atomic mass is 32.2. The molecule has 2 aliphatic rings. The number of sulfone groups is 1. The molecule has 5 heteroatoms. The Hall–Kier alpha value is -0.580. The second kappa shape index (κ2) is 2.70. The molecule has 2 aliphatic heterocycles. The fourth-order valence-electron chi connectivity index (χ4n) is 2.20. The van der Waals surface area contributed by atoms with Gasteiger partial charge in [0, 0.05) is 12.3 Å². The van der Waals surface area contributed by atoms with Crippen LogP contribution in [0, 0.1) is 0 Å². The zero-order valence-corrected chi connectivity index (χ0v) is 8.38. The maximum Gasteiger partial charge on any atom is 0.243 e. The van der Waals surface area contributed by atoms with E-state index < -0.39 is 15.1 Å². The van der Waals surface area contributed by atoms with Crippen molar-refractivity contribution in [3.8, 4) is 0 Å². The molecule has 2 saturated heterocycles. The average Bonchev–Trinajstić information content (AvgIpc) is 2.47. The van der Waals surface area contributed by atoms with E-state index in [4.69, 9.17) is 0 Å². The van der Waals surface area contributed by atoms with Gasteiger partial charge in [-0.2, -0.15) is 0 Å². The van der Waals surface area contributed by atoms with Crippen LogP contribution in [0.1, 0.15) is 19.8 Å². The highest BCUT2D eigenvalue weighted by Gasteiger charge is 2.55. The summed E-state index contributed by atoms with van der Waals surface area (Å²) in [5.74, 6) is -0.0994. The van der Waals surface area contributed by atoms with Crippen molar-refractivity contribution < 1.29 is 13.2 Å². The number of β-lactam (4-membered cyclic amide) rings is 1. The largest absolute Gasteiger partial charge is 0.337 e. The lowest BCUT2D eigenvalue weighted by atomic mass is 10.0. The van der Waals surface area contributed by atoms with E-state index in [1.165, 1.54) is 0 Å². The predicted octanol–water partition coefficient (Wildman–Crippen LogP) is -0.206. The van der Waals surface area contributed by atoms with E-state index in [1.807, 2.05) is 0 Å². The van der Waals surface area contributed by atoms with E-state index in [9.17, 15) is 13.2 Å². The van der Waals surface area contributed by atoms with Crippen molar-refractivity contribution in [2.45, 2.75) is 31.1 Å². The van der Waals surface area contributed by atoms with Crippen molar-refractivity contribution in [3.05, 3.63) is 0 Å². The maximum atomic E-state index is 11.5. The van der Waals surface area contributed by atoms with Crippen molar-refractivity contribution in [1.29, 1.82) is 0 Å². The number of fused-ring (bicyclic) bond motifs is 1. The van der Waals surface area contributed by atoms with Crippen LogP contribution in [0.25, 0.3) is 0 Å². The molecule has 0 saturated carbocycles. The van der Waals surface area contributed by atoms with Crippen LogP contribution >= 0.6 is 0 Å². The van der Waals surface area contributed by atoms with Gasteiger partial charge in [-0.05, 0) is 12.8 Å². The number of carbonyl (C=O) groups is 1. The van der Waals surface area contributed by atoms with Gasteiger partial charge in [0.15, 0.2) is 15.1 Å². The Morgan fingerprint density at radius 3 is 2.85 bits per heavy atom. The third kappa shape index (κ3) is 1.10. The first kappa shape index (κ1) is 8.99. The van der Waals surface area contributed by atoms with Gasteiger partial charge in [0.1, 0.15) is 0 Å². The number of nitrogens with zero attached hydrogens (tertiary/aromatic N) is 1. The first-order valence-electron chi connectivity index (χ1n) is 4.60. The molecule has 0 aromatic heterocycles. The molecule has 2 heterocycles. The smallest absolute Gasteiger partial charge is 0.243 e. The molecule has 0 unspecified atom stereocenters. The van der Waals surface area contributed by atoms with Crippen molar-refractivity contribution in [1.82, 2.24) is 4.90 Å². The van der Waals surface area contributed by atoms with E-state index in [0.29, 0.717) is 0 Å². The van der Waals surface area contributed by atoms with Crippen LogP contribution in [-0.2, 0) is 14.6 Å². The minimum absolute atomic E-state index is 0.00236. The molecule has 0 aromatic rings. The molecular formula is C8H13NO3S. The number of amides is 1. The van der Waals surface area contributed by atoms with Crippen molar-refractivity contribution in [3.63, 3.8) is 0 Å². The molecule has 0 aromatic carbocycles. The topological polar surface area (TPSA) is 54.5 Å². The van der Waals surface area contributed by atoms with Gasteiger partial charge in [-0.1, -0.05) is 6.92 Å². The Bertz CT molecular complexity index is 335. The predicted molar refractivity (Wildman–Crippen MR) is 48.0 cm³/mol. The van der Waals surface area contributed by atoms with Crippen molar-refractivity contribution >= 4 is 15.7 Å². The van der Waals surface area contributed by atoms with Gasteiger partial charge in [-0.25, -0.2) is 8.42 Å². The molecule has 2 rings (SSSR count). The quantitative estimate of drug-likeness (QED) is 0.584. The van der Waals surface area contributed by atoms with Crippen LogP contribution in [0.3, 0.4) is 0 Å². The number of hydrogen-bond donors (Lipinski definition) is 0. The standard InChI is InChI=1S/C8H13NO3S/c1-2-13(11,12)7-6-4-3-5-9(6)8(7)10/h6-7H,2-5H2,1H3/t6-,7+/m0/s1. The summed E-state index contributed by atoms with van der Waals surface area (Å²) in [5, 5.41) is -0.708. The van der Waals surface area contributed by atoms with E-state index in [2.05, 4.69) is 0 Å².